The highest BCUT2D eigenvalue weighted by atomic mass is 79.9. The quantitative estimate of drug-likeness (QED) is 0.628. The Bertz CT molecular complexity index is 153. The van der Waals surface area contributed by atoms with E-state index in [1.807, 2.05) is 11.8 Å². The second kappa shape index (κ2) is 8.89. The second-order valence-corrected chi connectivity index (χ2v) is 6.36. The molecule has 15 heavy (non-hydrogen) atoms. The molecule has 2 atom stereocenters. The van der Waals surface area contributed by atoms with Crippen LogP contribution in [-0.2, 0) is 0 Å². The van der Waals surface area contributed by atoms with Crippen LogP contribution in [0.3, 0.4) is 0 Å². The van der Waals surface area contributed by atoms with E-state index in [0.29, 0.717) is 6.04 Å². The molecular weight excluding hydrogens is 270 g/mol. The maximum atomic E-state index is 3.62. The highest BCUT2D eigenvalue weighted by Crippen LogP contribution is 2.17. The van der Waals surface area contributed by atoms with Crippen LogP contribution in [0, 0.1) is 11.8 Å². The van der Waals surface area contributed by atoms with Crippen LogP contribution in [0.25, 0.3) is 0 Å². The zero-order valence-corrected chi connectivity index (χ0v) is 13.2. The van der Waals surface area contributed by atoms with E-state index >= 15 is 0 Å². The predicted octanol–water partition coefficient (Wildman–Crippen LogP) is 3.73. The van der Waals surface area contributed by atoms with Gasteiger partial charge in [0.25, 0.3) is 0 Å². The van der Waals surface area contributed by atoms with Gasteiger partial charge in [0.05, 0.1) is 0 Å². The lowest BCUT2D eigenvalue weighted by Gasteiger charge is -2.30. The molecular formula is C12H26BrNS. The third-order valence-corrected chi connectivity index (χ3v) is 4.63. The van der Waals surface area contributed by atoms with Crippen LogP contribution in [0.2, 0.25) is 0 Å². The summed E-state index contributed by atoms with van der Waals surface area (Å²) < 4.78 is 0. The van der Waals surface area contributed by atoms with Gasteiger partial charge >= 0.3 is 0 Å². The SMILES string of the molecule is CSCCC(C)N(C)CC(CBr)C(C)C. The molecule has 92 valence electrons. The van der Waals surface area contributed by atoms with Crippen molar-refractivity contribution < 1.29 is 0 Å². The number of nitrogens with zero attached hydrogens (tertiary/aromatic N) is 1. The molecule has 0 rings (SSSR count). The molecule has 0 aliphatic rings. The molecule has 3 heteroatoms. The Balaban J connectivity index is 3.92. The van der Waals surface area contributed by atoms with E-state index in [1.165, 1.54) is 18.7 Å². The molecule has 1 nitrogen and oxygen atoms in total. The van der Waals surface area contributed by atoms with E-state index in [4.69, 9.17) is 0 Å². The van der Waals surface area contributed by atoms with Crippen molar-refractivity contribution in [2.24, 2.45) is 11.8 Å². The molecule has 0 heterocycles. The lowest BCUT2D eigenvalue weighted by atomic mass is 9.97. The van der Waals surface area contributed by atoms with Gasteiger partial charge in [0, 0.05) is 17.9 Å². The number of thioether (sulfide) groups is 1. The molecule has 0 saturated carbocycles. The fourth-order valence-corrected chi connectivity index (χ4v) is 3.03. The van der Waals surface area contributed by atoms with Gasteiger partial charge < -0.3 is 4.90 Å². The summed E-state index contributed by atoms with van der Waals surface area (Å²) in [4.78, 5) is 2.50. The minimum atomic E-state index is 0.706. The summed E-state index contributed by atoms with van der Waals surface area (Å²) in [6, 6.07) is 0.706. The van der Waals surface area contributed by atoms with Gasteiger partial charge in [-0.15, -0.1) is 0 Å². The minimum Gasteiger partial charge on any atom is -0.303 e. The van der Waals surface area contributed by atoms with Gasteiger partial charge in [-0.3, -0.25) is 0 Å². The highest BCUT2D eigenvalue weighted by Gasteiger charge is 2.17. The normalized spacial score (nSPS) is 16.0. The monoisotopic (exact) mass is 295 g/mol. The molecule has 0 aromatic heterocycles. The number of hydrogen-bond donors (Lipinski definition) is 0. The van der Waals surface area contributed by atoms with Crippen LogP contribution >= 0.6 is 27.7 Å². The Labute approximate surface area is 109 Å². The Morgan fingerprint density at radius 3 is 2.27 bits per heavy atom. The fourth-order valence-electron chi connectivity index (χ4n) is 1.50. The maximum Gasteiger partial charge on any atom is 0.00743 e. The molecule has 0 aromatic rings. The van der Waals surface area contributed by atoms with E-state index in [1.54, 1.807) is 0 Å². The summed E-state index contributed by atoms with van der Waals surface area (Å²) in [7, 11) is 2.25. The summed E-state index contributed by atoms with van der Waals surface area (Å²) in [5, 5.41) is 1.12. The molecule has 0 aliphatic carbocycles. The largest absolute Gasteiger partial charge is 0.303 e. The van der Waals surface area contributed by atoms with Crippen LogP contribution < -0.4 is 0 Å². The Kier molecular flexibility index (Phi) is 9.35. The molecule has 0 amide bonds. The van der Waals surface area contributed by atoms with Crippen LogP contribution in [0.15, 0.2) is 0 Å². The van der Waals surface area contributed by atoms with Crippen LogP contribution in [0.5, 0.6) is 0 Å². The van der Waals surface area contributed by atoms with Crippen molar-refractivity contribution in [3.63, 3.8) is 0 Å². The third kappa shape index (κ3) is 6.85. The summed E-state index contributed by atoms with van der Waals surface area (Å²) in [5.41, 5.74) is 0. The van der Waals surface area contributed by atoms with Crippen LogP contribution in [0.1, 0.15) is 27.2 Å². The zero-order valence-electron chi connectivity index (χ0n) is 10.8. The summed E-state index contributed by atoms with van der Waals surface area (Å²) in [6.07, 6.45) is 3.48. The first-order valence-electron chi connectivity index (χ1n) is 5.78. The average molecular weight is 296 g/mol. The van der Waals surface area contributed by atoms with E-state index in [-0.39, 0.29) is 0 Å². The van der Waals surface area contributed by atoms with E-state index < -0.39 is 0 Å². The summed E-state index contributed by atoms with van der Waals surface area (Å²) in [6.45, 7) is 8.17. The van der Waals surface area contributed by atoms with Crippen LogP contribution in [-0.4, -0.2) is 41.9 Å². The number of alkyl halides is 1. The van der Waals surface area contributed by atoms with Crippen molar-refractivity contribution in [2.75, 3.05) is 30.9 Å². The molecule has 0 bridgehead atoms. The van der Waals surface area contributed by atoms with Gasteiger partial charge in [-0.1, -0.05) is 29.8 Å². The van der Waals surface area contributed by atoms with Crippen LogP contribution in [0.4, 0.5) is 0 Å². The third-order valence-electron chi connectivity index (χ3n) is 3.16. The number of rotatable bonds is 8. The molecule has 0 saturated heterocycles. The van der Waals surface area contributed by atoms with Gasteiger partial charge in [0.2, 0.25) is 0 Å². The number of halogens is 1. The molecule has 0 aromatic carbocycles. The fraction of sp³-hybridized carbons (Fsp3) is 1.00. The van der Waals surface area contributed by atoms with Gasteiger partial charge in [-0.25, -0.2) is 0 Å². The molecule has 0 aliphatic heterocycles. The van der Waals surface area contributed by atoms with Gasteiger partial charge in [-0.2, -0.15) is 11.8 Å². The Morgan fingerprint density at radius 1 is 1.27 bits per heavy atom. The Morgan fingerprint density at radius 2 is 1.87 bits per heavy atom. The standard InChI is InChI=1S/C12H26BrNS/c1-10(2)12(8-13)9-14(4)11(3)6-7-15-5/h10-12H,6-9H2,1-5H3. The topological polar surface area (TPSA) is 3.24 Å². The first-order chi connectivity index (χ1) is 7.02. The molecule has 2 unspecified atom stereocenters. The van der Waals surface area contributed by atoms with Crippen molar-refractivity contribution in [1.82, 2.24) is 4.90 Å². The zero-order chi connectivity index (χ0) is 11.8. The van der Waals surface area contributed by atoms with E-state index in [0.717, 1.165) is 17.2 Å². The predicted molar refractivity (Wildman–Crippen MR) is 77.2 cm³/mol. The first kappa shape index (κ1) is 15.8. The lowest BCUT2D eigenvalue weighted by molar-refractivity contribution is 0.200. The molecule has 0 fully saturated rings. The summed E-state index contributed by atoms with van der Waals surface area (Å²) in [5.74, 6) is 2.80. The first-order valence-corrected chi connectivity index (χ1v) is 8.29. The molecule has 0 N–H and O–H groups in total. The van der Waals surface area contributed by atoms with E-state index in [2.05, 4.69) is 54.9 Å². The summed E-state index contributed by atoms with van der Waals surface area (Å²) >= 11 is 5.56. The van der Waals surface area contributed by atoms with Crippen molar-refractivity contribution in [1.29, 1.82) is 0 Å². The smallest absolute Gasteiger partial charge is 0.00743 e. The van der Waals surface area contributed by atoms with Crippen molar-refractivity contribution in [3.8, 4) is 0 Å². The van der Waals surface area contributed by atoms with Crippen molar-refractivity contribution in [3.05, 3.63) is 0 Å². The Hall–Kier alpha value is 0.790. The van der Waals surface area contributed by atoms with Crippen molar-refractivity contribution >= 4 is 27.7 Å². The van der Waals surface area contributed by atoms with E-state index in [9.17, 15) is 0 Å². The molecule has 0 spiro atoms. The number of hydrogen-bond acceptors (Lipinski definition) is 2. The van der Waals surface area contributed by atoms with Gasteiger partial charge in [0.15, 0.2) is 0 Å². The van der Waals surface area contributed by atoms with Gasteiger partial charge in [0.1, 0.15) is 0 Å². The van der Waals surface area contributed by atoms with Crippen molar-refractivity contribution in [2.45, 2.75) is 33.2 Å². The maximum absolute atomic E-state index is 3.62. The minimum absolute atomic E-state index is 0.706. The second-order valence-electron chi connectivity index (χ2n) is 4.73. The van der Waals surface area contributed by atoms with Gasteiger partial charge in [-0.05, 0) is 44.2 Å². The molecule has 0 radical (unpaired) electrons. The highest BCUT2D eigenvalue weighted by molar-refractivity contribution is 9.09. The average Bonchev–Trinajstić information content (AvgIpc) is 2.21. The lowest BCUT2D eigenvalue weighted by Crippen LogP contribution is -2.36.